The number of benzene rings is 2. The van der Waals surface area contributed by atoms with Gasteiger partial charge in [0.15, 0.2) is 11.5 Å². The van der Waals surface area contributed by atoms with Gasteiger partial charge < -0.3 is 14.2 Å². The van der Waals surface area contributed by atoms with Crippen LogP contribution in [0.2, 0.25) is 0 Å². The van der Waals surface area contributed by atoms with Crippen LogP contribution in [0.25, 0.3) is 6.08 Å². The van der Waals surface area contributed by atoms with Crippen molar-refractivity contribution in [1.29, 1.82) is 5.26 Å². The lowest BCUT2D eigenvalue weighted by atomic mass is 10.1. The van der Waals surface area contributed by atoms with Gasteiger partial charge in [0.05, 0.1) is 12.4 Å². The normalized spacial score (nSPS) is 11.4. The van der Waals surface area contributed by atoms with E-state index in [-0.39, 0.29) is 27.4 Å². The predicted octanol–water partition coefficient (Wildman–Crippen LogP) is 3.73. The molecule has 36 heavy (non-hydrogen) atoms. The van der Waals surface area contributed by atoms with Crippen LogP contribution >= 0.6 is 11.3 Å². The van der Waals surface area contributed by atoms with Crippen LogP contribution in [0.3, 0.4) is 0 Å². The molecule has 0 aliphatic rings. The van der Waals surface area contributed by atoms with Crippen LogP contribution in [0.4, 0.5) is 5.13 Å². The van der Waals surface area contributed by atoms with Gasteiger partial charge in [0.1, 0.15) is 30.6 Å². The number of nitriles is 1. The number of aromatic nitrogens is 2. The first-order valence-corrected chi connectivity index (χ1v) is 13.4. The highest BCUT2D eigenvalue weighted by atomic mass is 32.2. The number of nitrogens with zero attached hydrogens (tertiary/aromatic N) is 3. The first-order valence-electron chi connectivity index (χ1n) is 10.9. The Balaban J connectivity index is 1.68. The number of carbonyl (C=O) groups is 1. The summed E-state index contributed by atoms with van der Waals surface area (Å²) in [5.74, 6) is 0.798. The van der Waals surface area contributed by atoms with Gasteiger partial charge in [-0.05, 0) is 42.8 Å². The van der Waals surface area contributed by atoms with Crippen molar-refractivity contribution in [3.8, 4) is 23.3 Å². The second-order valence-corrected chi connectivity index (χ2v) is 10.5. The molecule has 0 atom stereocenters. The molecule has 0 bridgehead atoms. The zero-order valence-corrected chi connectivity index (χ0v) is 21.3. The van der Waals surface area contributed by atoms with Crippen LogP contribution < -0.4 is 19.5 Å². The monoisotopic (exact) mass is 528 g/mol. The van der Waals surface area contributed by atoms with Crippen molar-refractivity contribution in [2.24, 2.45) is 0 Å². The molecule has 2 aromatic carbocycles. The Morgan fingerprint density at radius 2 is 1.81 bits per heavy atom. The fourth-order valence-electron chi connectivity index (χ4n) is 2.82. The van der Waals surface area contributed by atoms with Gasteiger partial charge in [-0.3, -0.25) is 10.1 Å². The summed E-state index contributed by atoms with van der Waals surface area (Å²) in [4.78, 5) is 12.6. The Morgan fingerprint density at radius 1 is 1.06 bits per heavy atom. The van der Waals surface area contributed by atoms with Crippen molar-refractivity contribution in [3.63, 3.8) is 0 Å². The summed E-state index contributed by atoms with van der Waals surface area (Å²) in [6.07, 6.45) is 1.38. The van der Waals surface area contributed by atoms with E-state index in [1.165, 1.54) is 13.0 Å². The quantitative estimate of drug-likeness (QED) is 0.161. The molecule has 0 spiro atoms. The molecule has 1 amide bonds. The topological polar surface area (TPSA) is 140 Å². The number of carbonyl (C=O) groups excluding carboxylic acids is 1. The number of amides is 1. The largest absolute Gasteiger partial charge is 0.490 e. The Morgan fingerprint density at radius 3 is 2.50 bits per heavy atom. The van der Waals surface area contributed by atoms with E-state index in [0.717, 1.165) is 17.1 Å². The highest BCUT2D eigenvalue weighted by Crippen LogP contribution is 2.30. The number of nitrogens with one attached hydrogen (secondary N) is 1. The number of anilines is 1. The van der Waals surface area contributed by atoms with Gasteiger partial charge in [0, 0.05) is 0 Å². The van der Waals surface area contributed by atoms with E-state index in [1.54, 1.807) is 18.2 Å². The molecule has 0 fully saturated rings. The number of hydrogen-bond acceptors (Lipinski definition) is 10. The van der Waals surface area contributed by atoms with Gasteiger partial charge in [-0.15, -0.1) is 10.2 Å². The molecule has 1 heterocycles. The highest BCUT2D eigenvalue weighted by Gasteiger charge is 2.20. The van der Waals surface area contributed by atoms with Crippen LogP contribution in [-0.2, 0) is 14.6 Å². The van der Waals surface area contributed by atoms with Gasteiger partial charge in [-0.1, -0.05) is 42.5 Å². The Hall–Kier alpha value is -3.95. The maximum Gasteiger partial charge on any atom is 0.268 e. The number of hydrogen-bond donors (Lipinski definition) is 1. The minimum atomic E-state index is -3.54. The average molecular weight is 529 g/mol. The maximum atomic E-state index is 12.6. The van der Waals surface area contributed by atoms with Gasteiger partial charge in [-0.2, -0.15) is 5.26 Å². The highest BCUT2D eigenvalue weighted by molar-refractivity contribution is 7.93. The van der Waals surface area contributed by atoms with Crippen LogP contribution in [-0.4, -0.2) is 50.1 Å². The van der Waals surface area contributed by atoms with Gasteiger partial charge >= 0.3 is 0 Å². The molecule has 0 saturated heterocycles. The third-order valence-electron chi connectivity index (χ3n) is 4.57. The van der Waals surface area contributed by atoms with Gasteiger partial charge in [0.25, 0.3) is 5.91 Å². The molecular formula is C24H24N4O6S2. The molecule has 10 nitrogen and oxygen atoms in total. The van der Waals surface area contributed by atoms with Crippen LogP contribution in [0.15, 0.2) is 58.4 Å². The first-order chi connectivity index (χ1) is 17.4. The number of ether oxygens (including phenoxy) is 3. The predicted molar refractivity (Wildman–Crippen MR) is 135 cm³/mol. The average Bonchev–Trinajstić information content (AvgIpc) is 3.36. The summed E-state index contributed by atoms with van der Waals surface area (Å²) < 4.78 is 40.7. The second kappa shape index (κ2) is 12.7. The van der Waals surface area contributed by atoms with Crippen molar-refractivity contribution in [2.75, 3.05) is 30.9 Å². The smallest absolute Gasteiger partial charge is 0.268 e. The first kappa shape index (κ1) is 26.7. The standard InChI is InChI=1S/C24H24N4O6S2/c1-3-32-21-15-17(10-11-20(21)34-13-12-33-19-8-6-5-7-9-19)14-18(16-25)22(29)26-23-27-28-24(35-23)36(30,31)4-2/h5-11,14-15H,3-4,12-13H2,1-2H3,(H,26,27,29). The molecule has 0 aliphatic carbocycles. The summed E-state index contributed by atoms with van der Waals surface area (Å²) >= 11 is 0.720. The number of para-hydroxylation sites is 1. The van der Waals surface area contributed by atoms with E-state index in [4.69, 9.17) is 14.2 Å². The van der Waals surface area contributed by atoms with E-state index in [9.17, 15) is 18.5 Å². The maximum absolute atomic E-state index is 12.6. The van der Waals surface area contributed by atoms with Crippen molar-refractivity contribution in [2.45, 2.75) is 18.2 Å². The fourth-order valence-corrected chi connectivity index (χ4v) is 4.80. The summed E-state index contributed by atoms with van der Waals surface area (Å²) in [5.41, 5.74) is 0.321. The lowest BCUT2D eigenvalue weighted by molar-refractivity contribution is -0.112. The fraction of sp³-hybridized carbons (Fsp3) is 0.250. The third-order valence-corrected chi connectivity index (χ3v) is 7.59. The Bertz CT molecular complexity index is 1360. The lowest BCUT2D eigenvalue weighted by Gasteiger charge is -2.13. The van der Waals surface area contributed by atoms with Crippen molar-refractivity contribution < 1.29 is 27.4 Å². The Kier molecular flexibility index (Phi) is 9.38. The molecule has 3 aromatic rings. The van der Waals surface area contributed by atoms with Crippen molar-refractivity contribution >= 4 is 38.3 Å². The molecule has 1 aromatic heterocycles. The summed E-state index contributed by atoms with van der Waals surface area (Å²) in [6.45, 7) is 4.32. The van der Waals surface area contributed by atoms with Crippen LogP contribution in [0.1, 0.15) is 19.4 Å². The molecule has 12 heteroatoms. The van der Waals surface area contributed by atoms with Gasteiger partial charge in [0.2, 0.25) is 19.3 Å². The molecule has 3 rings (SSSR count). The van der Waals surface area contributed by atoms with Crippen LogP contribution in [0, 0.1) is 11.3 Å². The van der Waals surface area contributed by atoms with Crippen molar-refractivity contribution in [3.05, 3.63) is 59.7 Å². The summed E-state index contributed by atoms with van der Waals surface area (Å²) in [7, 11) is -3.54. The van der Waals surface area contributed by atoms with Crippen LogP contribution in [0.5, 0.6) is 17.2 Å². The Labute approximate surface area is 213 Å². The van der Waals surface area contributed by atoms with E-state index in [1.807, 2.05) is 43.3 Å². The van der Waals surface area contributed by atoms with Crippen molar-refractivity contribution in [1.82, 2.24) is 10.2 Å². The number of rotatable bonds is 12. The van der Waals surface area contributed by atoms with E-state index in [0.29, 0.717) is 30.3 Å². The molecule has 0 radical (unpaired) electrons. The van der Waals surface area contributed by atoms with E-state index < -0.39 is 15.7 Å². The third kappa shape index (κ3) is 7.27. The summed E-state index contributed by atoms with van der Waals surface area (Å²) in [5, 5.41) is 19.1. The molecule has 0 saturated carbocycles. The second-order valence-electron chi connectivity index (χ2n) is 7.05. The molecule has 0 unspecified atom stereocenters. The SMILES string of the molecule is CCOc1cc(C=C(C#N)C(=O)Nc2nnc(S(=O)(=O)CC)s2)ccc1OCCOc1ccccc1. The minimum absolute atomic E-state index is 0.0235. The van der Waals surface area contributed by atoms with E-state index >= 15 is 0 Å². The molecule has 188 valence electrons. The molecule has 0 aliphatic heterocycles. The van der Waals surface area contributed by atoms with Gasteiger partial charge in [-0.25, -0.2) is 8.42 Å². The zero-order valence-electron chi connectivity index (χ0n) is 19.6. The van der Waals surface area contributed by atoms with E-state index in [2.05, 4.69) is 15.5 Å². The lowest BCUT2D eigenvalue weighted by Crippen LogP contribution is -2.13. The minimum Gasteiger partial charge on any atom is -0.490 e. The molecule has 1 N–H and O–H groups in total. The molecular weight excluding hydrogens is 504 g/mol. The number of sulfone groups is 1. The summed E-state index contributed by atoms with van der Waals surface area (Å²) in [6, 6.07) is 16.2. The zero-order chi connectivity index (χ0) is 26.0.